The first-order chi connectivity index (χ1) is 14.0. The summed E-state index contributed by atoms with van der Waals surface area (Å²) in [7, 11) is 0. The van der Waals surface area contributed by atoms with Crippen molar-refractivity contribution < 1.29 is 42.0 Å². The Morgan fingerprint density at radius 3 is 1.67 bits per heavy atom. The second-order valence-corrected chi connectivity index (χ2v) is 8.50. The van der Waals surface area contributed by atoms with E-state index in [4.69, 9.17) is 3.73 Å². The second-order valence-electron chi connectivity index (χ2n) is 6.05. The van der Waals surface area contributed by atoms with Crippen LogP contribution >= 0.6 is 0 Å². The van der Waals surface area contributed by atoms with E-state index in [0.717, 1.165) is 36.4 Å². The van der Waals surface area contributed by atoms with Crippen LogP contribution in [0.15, 0.2) is 54.6 Å². The van der Waals surface area contributed by atoms with Crippen molar-refractivity contribution >= 4 is 14.5 Å². The minimum absolute atomic E-state index is 0.483. The molecule has 3 rings (SSSR count). The van der Waals surface area contributed by atoms with Crippen molar-refractivity contribution in [3.63, 3.8) is 0 Å². The van der Waals surface area contributed by atoms with Gasteiger partial charge in [-0.05, 0) is 0 Å². The van der Waals surface area contributed by atoms with Crippen LogP contribution in [0.25, 0.3) is 0 Å². The van der Waals surface area contributed by atoms with Crippen molar-refractivity contribution in [3.05, 3.63) is 106 Å². The Labute approximate surface area is 168 Å². The van der Waals surface area contributed by atoms with Gasteiger partial charge in [0.15, 0.2) is 0 Å². The molecule has 0 saturated carbocycles. The van der Waals surface area contributed by atoms with Crippen molar-refractivity contribution in [2.24, 2.45) is 0 Å². The molecule has 4 nitrogen and oxygen atoms in total. The molecule has 0 aliphatic carbocycles. The summed E-state index contributed by atoms with van der Waals surface area (Å²) in [5.41, 5.74) is -6.32. The van der Waals surface area contributed by atoms with Gasteiger partial charge in [-0.15, -0.1) is 0 Å². The second kappa shape index (κ2) is 7.96. The molecular formula is C19H11AsF6O4. The molecule has 3 aromatic carbocycles. The minimum atomic E-state index is -6.43. The standard InChI is InChI=1S/C19H11AsF6O4/c21-12-9-5-4-8-11(12)19(30-20(27,28)29,10-6-2-1-3-7-10)13-14(22)16(24)18(26)17(25)15(13)23/h1-9H,(H2,27,28,29). The zero-order chi connectivity index (χ0) is 22.3. The third-order valence-corrected chi connectivity index (χ3v) is 5.32. The van der Waals surface area contributed by atoms with Gasteiger partial charge in [0.25, 0.3) is 0 Å². The molecule has 0 spiro atoms. The quantitative estimate of drug-likeness (QED) is 0.188. The summed E-state index contributed by atoms with van der Waals surface area (Å²) < 4.78 is 122. The Morgan fingerprint density at radius 1 is 0.700 bits per heavy atom. The monoisotopic (exact) mass is 492 g/mol. The van der Waals surface area contributed by atoms with Gasteiger partial charge in [-0.1, -0.05) is 0 Å². The zero-order valence-corrected chi connectivity index (χ0v) is 16.5. The fraction of sp³-hybridized carbons (Fsp3) is 0.0526. The molecule has 0 aliphatic rings. The summed E-state index contributed by atoms with van der Waals surface area (Å²) in [5.74, 6) is -13.4. The van der Waals surface area contributed by atoms with Crippen LogP contribution in [0.1, 0.15) is 16.7 Å². The summed E-state index contributed by atoms with van der Waals surface area (Å²) in [6.07, 6.45) is 0. The van der Waals surface area contributed by atoms with E-state index in [1.165, 1.54) is 18.2 Å². The summed E-state index contributed by atoms with van der Waals surface area (Å²) in [6, 6.07) is 9.87. The van der Waals surface area contributed by atoms with Crippen LogP contribution in [-0.2, 0) is 13.1 Å². The van der Waals surface area contributed by atoms with Crippen LogP contribution in [0.3, 0.4) is 0 Å². The molecule has 3 aromatic rings. The molecule has 0 heterocycles. The Balaban J connectivity index is 2.61. The van der Waals surface area contributed by atoms with E-state index in [2.05, 4.69) is 0 Å². The van der Waals surface area contributed by atoms with Gasteiger partial charge in [-0.2, -0.15) is 0 Å². The molecule has 158 valence electrons. The number of rotatable bonds is 5. The topological polar surface area (TPSA) is 66.8 Å². The number of hydrogen-bond donors (Lipinski definition) is 2. The number of benzene rings is 3. The maximum absolute atomic E-state index is 14.8. The average Bonchev–Trinajstić information content (AvgIpc) is 2.70. The SMILES string of the molecule is O=[As](O)(O)OC(c1ccccc1)(c1ccccc1F)c1c(F)c(F)c(F)c(F)c1F. The summed E-state index contributed by atoms with van der Waals surface area (Å²) in [6.45, 7) is 0. The first-order valence-electron chi connectivity index (χ1n) is 8.09. The molecule has 0 aromatic heterocycles. The molecule has 0 radical (unpaired) electrons. The third kappa shape index (κ3) is 3.67. The molecule has 0 saturated heterocycles. The molecule has 0 bridgehead atoms. The fourth-order valence-electron chi connectivity index (χ4n) is 3.09. The number of hydrogen-bond acceptors (Lipinski definition) is 2. The average molecular weight is 492 g/mol. The van der Waals surface area contributed by atoms with Gasteiger partial charge in [0, 0.05) is 0 Å². The van der Waals surface area contributed by atoms with E-state index in [1.807, 2.05) is 0 Å². The Morgan fingerprint density at radius 2 is 1.17 bits per heavy atom. The Hall–Kier alpha value is -2.52. The summed E-state index contributed by atoms with van der Waals surface area (Å²) in [4.78, 5) is 0. The molecule has 0 amide bonds. The third-order valence-electron chi connectivity index (χ3n) is 4.25. The predicted molar refractivity (Wildman–Crippen MR) is 90.9 cm³/mol. The Bertz CT molecular complexity index is 1120. The molecule has 0 aliphatic heterocycles. The van der Waals surface area contributed by atoms with Crippen LogP contribution in [0.5, 0.6) is 0 Å². The van der Waals surface area contributed by atoms with E-state index in [0.29, 0.717) is 0 Å². The van der Waals surface area contributed by atoms with Crippen LogP contribution in [0.2, 0.25) is 0 Å². The summed E-state index contributed by atoms with van der Waals surface area (Å²) in [5, 5.41) is 0. The molecular weight excluding hydrogens is 481 g/mol. The fourth-order valence-corrected chi connectivity index (χ4v) is 4.46. The molecule has 11 heteroatoms. The molecule has 0 fully saturated rings. The van der Waals surface area contributed by atoms with Crippen molar-refractivity contribution in [1.82, 2.24) is 0 Å². The van der Waals surface area contributed by atoms with Crippen molar-refractivity contribution in [2.45, 2.75) is 5.60 Å². The number of halogens is 6. The van der Waals surface area contributed by atoms with Gasteiger partial charge in [0.2, 0.25) is 0 Å². The predicted octanol–water partition coefficient (Wildman–Crippen LogP) is 3.68. The van der Waals surface area contributed by atoms with Crippen molar-refractivity contribution in [3.8, 4) is 0 Å². The van der Waals surface area contributed by atoms with Gasteiger partial charge in [-0.3, -0.25) is 0 Å². The first kappa shape index (κ1) is 22.2. The van der Waals surface area contributed by atoms with Gasteiger partial charge in [-0.25, -0.2) is 0 Å². The van der Waals surface area contributed by atoms with Crippen LogP contribution in [0.4, 0.5) is 26.3 Å². The molecule has 30 heavy (non-hydrogen) atoms. The summed E-state index contributed by atoms with van der Waals surface area (Å²) >= 11 is -6.43. The van der Waals surface area contributed by atoms with Gasteiger partial charge in [0.1, 0.15) is 0 Å². The molecule has 2 N–H and O–H groups in total. The van der Waals surface area contributed by atoms with E-state index >= 15 is 0 Å². The normalized spacial score (nSPS) is 13.9. The molecule has 1 unspecified atom stereocenters. The zero-order valence-electron chi connectivity index (χ0n) is 14.6. The van der Waals surface area contributed by atoms with Crippen LogP contribution in [0, 0.1) is 34.9 Å². The van der Waals surface area contributed by atoms with E-state index in [-0.39, 0.29) is 0 Å². The van der Waals surface area contributed by atoms with Crippen LogP contribution in [-0.4, -0.2) is 22.7 Å². The molecule has 1 atom stereocenters. The maximum atomic E-state index is 14.8. The van der Waals surface area contributed by atoms with Crippen molar-refractivity contribution in [2.75, 3.05) is 0 Å². The van der Waals surface area contributed by atoms with Gasteiger partial charge in [0.05, 0.1) is 0 Å². The Kier molecular flexibility index (Phi) is 5.88. The van der Waals surface area contributed by atoms with Crippen molar-refractivity contribution in [1.29, 1.82) is 0 Å². The van der Waals surface area contributed by atoms with Gasteiger partial charge < -0.3 is 0 Å². The van der Waals surface area contributed by atoms with E-state index in [9.17, 15) is 38.3 Å². The van der Waals surface area contributed by atoms with E-state index < -0.39 is 71.7 Å². The van der Waals surface area contributed by atoms with E-state index in [1.54, 1.807) is 0 Å². The van der Waals surface area contributed by atoms with Gasteiger partial charge >= 0.3 is 168 Å². The van der Waals surface area contributed by atoms with Crippen LogP contribution < -0.4 is 0 Å². The first-order valence-corrected chi connectivity index (χ1v) is 11.3.